The number of thiophene rings is 1. The summed E-state index contributed by atoms with van der Waals surface area (Å²) < 4.78 is 0. The number of anilines is 1. The first-order valence-corrected chi connectivity index (χ1v) is 10.1. The van der Waals surface area contributed by atoms with E-state index in [9.17, 15) is 9.59 Å². The van der Waals surface area contributed by atoms with Gasteiger partial charge in [-0.1, -0.05) is 18.2 Å². The number of piperidine rings is 1. The van der Waals surface area contributed by atoms with Gasteiger partial charge >= 0.3 is 0 Å². The molecule has 136 valence electrons. The van der Waals surface area contributed by atoms with Crippen molar-refractivity contribution < 1.29 is 9.59 Å². The Bertz CT molecular complexity index is 778. The van der Waals surface area contributed by atoms with Crippen molar-refractivity contribution in [1.82, 2.24) is 10.2 Å². The van der Waals surface area contributed by atoms with E-state index in [-0.39, 0.29) is 17.9 Å². The Kier molecular flexibility index (Phi) is 5.04. The molecule has 2 heterocycles. The highest BCUT2D eigenvalue weighted by atomic mass is 32.1. The lowest BCUT2D eigenvalue weighted by Crippen LogP contribution is -2.45. The number of benzene rings is 1. The van der Waals surface area contributed by atoms with Crippen LogP contribution in [0.4, 0.5) is 5.69 Å². The molecule has 26 heavy (non-hydrogen) atoms. The van der Waals surface area contributed by atoms with Gasteiger partial charge in [0.2, 0.25) is 0 Å². The second kappa shape index (κ2) is 7.60. The van der Waals surface area contributed by atoms with Crippen molar-refractivity contribution in [1.29, 1.82) is 0 Å². The highest BCUT2D eigenvalue weighted by molar-refractivity contribution is 7.12. The number of hydrogen-bond donors (Lipinski definition) is 2. The molecule has 5 nitrogen and oxygen atoms in total. The summed E-state index contributed by atoms with van der Waals surface area (Å²) in [4.78, 5) is 28.2. The molecule has 0 unspecified atom stereocenters. The van der Waals surface area contributed by atoms with Gasteiger partial charge in [-0.3, -0.25) is 9.59 Å². The average Bonchev–Trinajstić information content (AvgIpc) is 3.36. The minimum absolute atomic E-state index is 0.114. The number of hydrogen-bond acceptors (Lipinski definition) is 4. The van der Waals surface area contributed by atoms with Gasteiger partial charge in [0.1, 0.15) is 0 Å². The summed E-state index contributed by atoms with van der Waals surface area (Å²) in [6.45, 7) is 2.12. The Hall–Kier alpha value is -2.18. The fourth-order valence-corrected chi connectivity index (χ4v) is 4.11. The van der Waals surface area contributed by atoms with Gasteiger partial charge in [-0.2, -0.15) is 0 Å². The third-order valence-corrected chi connectivity index (χ3v) is 5.96. The summed E-state index contributed by atoms with van der Waals surface area (Å²) in [5.74, 6) is -0.296. The molecule has 6 heteroatoms. The molecule has 2 N–H and O–H groups in total. The summed E-state index contributed by atoms with van der Waals surface area (Å²) in [5.41, 5.74) is 1.07. The van der Waals surface area contributed by atoms with Gasteiger partial charge in [0, 0.05) is 25.2 Å². The normalized spacial score (nSPS) is 18.5. The van der Waals surface area contributed by atoms with E-state index < -0.39 is 0 Å². The Balaban J connectivity index is 1.39. The van der Waals surface area contributed by atoms with Crippen molar-refractivity contribution in [3.8, 4) is 0 Å². The minimum Gasteiger partial charge on any atom is -0.349 e. The van der Waals surface area contributed by atoms with Crippen LogP contribution in [-0.4, -0.2) is 41.9 Å². The van der Waals surface area contributed by atoms with Crippen molar-refractivity contribution in [2.24, 2.45) is 0 Å². The van der Waals surface area contributed by atoms with E-state index in [0.29, 0.717) is 16.1 Å². The maximum absolute atomic E-state index is 12.8. The molecule has 4 rings (SSSR count). The number of carbonyl (C=O) groups excluding carboxylic acids is 2. The minimum atomic E-state index is -0.182. The molecule has 0 bridgehead atoms. The lowest BCUT2D eigenvalue weighted by Gasteiger charge is -2.32. The van der Waals surface area contributed by atoms with Gasteiger partial charge in [0.15, 0.2) is 0 Å². The number of nitrogens with zero attached hydrogens (tertiary/aromatic N) is 1. The molecule has 0 spiro atoms. The molecular weight excluding hydrogens is 346 g/mol. The van der Waals surface area contributed by atoms with Crippen molar-refractivity contribution in [2.45, 2.75) is 37.8 Å². The molecule has 1 aliphatic carbocycles. The number of nitrogens with one attached hydrogen (secondary N) is 2. The van der Waals surface area contributed by atoms with Crippen LogP contribution < -0.4 is 10.6 Å². The van der Waals surface area contributed by atoms with Crippen molar-refractivity contribution in [2.75, 3.05) is 18.4 Å². The molecule has 1 saturated carbocycles. The Morgan fingerprint density at radius 1 is 0.962 bits per heavy atom. The number of amides is 2. The van der Waals surface area contributed by atoms with E-state index in [1.54, 1.807) is 18.2 Å². The number of rotatable bonds is 5. The van der Waals surface area contributed by atoms with Gasteiger partial charge < -0.3 is 15.5 Å². The summed E-state index contributed by atoms with van der Waals surface area (Å²) >= 11 is 1.38. The predicted octanol–water partition coefficient (Wildman–Crippen LogP) is 3.36. The van der Waals surface area contributed by atoms with Crippen LogP contribution in [0.15, 0.2) is 41.8 Å². The molecule has 2 fully saturated rings. The van der Waals surface area contributed by atoms with Crippen LogP contribution in [0.25, 0.3) is 0 Å². The van der Waals surface area contributed by atoms with E-state index in [1.807, 2.05) is 23.6 Å². The third kappa shape index (κ3) is 3.97. The van der Waals surface area contributed by atoms with Crippen LogP contribution in [0.1, 0.15) is 45.7 Å². The Labute approximate surface area is 157 Å². The largest absolute Gasteiger partial charge is 0.349 e. The van der Waals surface area contributed by atoms with Gasteiger partial charge in [0.05, 0.1) is 16.1 Å². The quantitative estimate of drug-likeness (QED) is 0.850. The van der Waals surface area contributed by atoms with E-state index in [2.05, 4.69) is 15.5 Å². The van der Waals surface area contributed by atoms with Crippen LogP contribution in [0.5, 0.6) is 0 Å². The molecule has 0 radical (unpaired) electrons. The predicted molar refractivity (Wildman–Crippen MR) is 104 cm³/mol. The second-order valence-corrected chi connectivity index (χ2v) is 7.94. The summed E-state index contributed by atoms with van der Waals surface area (Å²) in [7, 11) is 0. The number of para-hydroxylation sites is 1. The second-order valence-electron chi connectivity index (χ2n) is 6.99. The lowest BCUT2D eigenvalue weighted by atomic mass is 10.0. The molecule has 1 saturated heterocycles. The maximum Gasteiger partial charge on any atom is 0.265 e. The highest BCUT2D eigenvalue weighted by Gasteiger charge is 2.32. The topological polar surface area (TPSA) is 61.4 Å². The summed E-state index contributed by atoms with van der Waals surface area (Å²) in [5, 5.41) is 7.88. The average molecular weight is 369 g/mol. The zero-order valence-electron chi connectivity index (χ0n) is 14.6. The molecule has 1 aromatic heterocycles. The van der Waals surface area contributed by atoms with Crippen molar-refractivity contribution >= 4 is 28.8 Å². The SMILES string of the molecule is O=C(Nc1ccccc1C(=O)NC1CCN(C2CC2)CC1)c1cccs1. The van der Waals surface area contributed by atoms with Gasteiger partial charge in [0.25, 0.3) is 11.8 Å². The molecule has 0 atom stereocenters. The van der Waals surface area contributed by atoms with Crippen LogP contribution in [0.2, 0.25) is 0 Å². The lowest BCUT2D eigenvalue weighted by molar-refractivity contribution is 0.0910. The zero-order chi connectivity index (χ0) is 17.9. The van der Waals surface area contributed by atoms with Crippen LogP contribution in [0, 0.1) is 0 Å². The van der Waals surface area contributed by atoms with Crippen LogP contribution >= 0.6 is 11.3 Å². The summed E-state index contributed by atoms with van der Waals surface area (Å²) in [6.07, 6.45) is 4.64. The molecular formula is C20H23N3O2S. The molecule has 2 amide bonds. The van der Waals surface area contributed by atoms with Gasteiger partial charge in [-0.25, -0.2) is 0 Å². The molecule has 2 aliphatic rings. The molecule has 1 aliphatic heterocycles. The van der Waals surface area contributed by atoms with E-state index in [1.165, 1.54) is 24.2 Å². The Morgan fingerprint density at radius 3 is 2.42 bits per heavy atom. The fourth-order valence-electron chi connectivity index (χ4n) is 3.49. The first-order valence-electron chi connectivity index (χ1n) is 9.19. The van der Waals surface area contributed by atoms with E-state index in [4.69, 9.17) is 0 Å². The maximum atomic E-state index is 12.8. The monoisotopic (exact) mass is 369 g/mol. The van der Waals surface area contributed by atoms with E-state index >= 15 is 0 Å². The first-order chi connectivity index (χ1) is 12.7. The standard InChI is InChI=1S/C20H23N3O2S/c24-19(21-14-9-11-23(12-10-14)15-7-8-15)16-4-1-2-5-17(16)22-20(25)18-6-3-13-26-18/h1-6,13-15H,7-12H2,(H,21,24)(H,22,25). The Morgan fingerprint density at radius 2 is 1.73 bits per heavy atom. The fraction of sp³-hybridized carbons (Fsp3) is 0.400. The van der Waals surface area contributed by atoms with Crippen molar-refractivity contribution in [3.63, 3.8) is 0 Å². The van der Waals surface area contributed by atoms with Crippen molar-refractivity contribution in [3.05, 3.63) is 52.2 Å². The van der Waals surface area contributed by atoms with Gasteiger partial charge in [-0.05, 0) is 49.3 Å². The third-order valence-electron chi connectivity index (χ3n) is 5.09. The molecule has 2 aromatic rings. The number of likely N-dealkylation sites (tertiary alicyclic amines) is 1. The van der Waals surface area contributed by atoms with Crippen LogP contribution in [-0.2, 0) is 0 Å². The van der Waals surface area contributed by atoms with Gasteiger partial charge in [-0.15, -0.1) is 11.3 Å². The first kappa shape index (κ1) is 17.2. The molecule has 1 aromatic carbocycles. The number of carbonyl (C=O) groups is 2. The van der Waals surface area contributed by atoms with Crippen LogP contribution in [0.3, 0.4) is 0 Å². The smallest absolute Gasteiger partial charge is 0.265 e. The van der Waals surface area contributed by atoms with E-state index in [0.717, 1.165) is 32.0 Å². The highest BCUT2D eigenvalue weighted by Crippen LogP contribution is 2.29. The summed E-state index contributed by atoms with van der Waals surface area (Å²) in [6, 6.07) is 11.8. The zero-order valence-corrected chi connectivity index (χ0v) is 15.4.